The molecule has 1 saturated heterocycles. The molecule has 2 unspecified atom stereocenters. The van der Waals surface area contributed by atoms with Crippen molar-refractivity contribution in [3.8, 4) is 5.75 Å². The van der Waals surface area contributed by atoms with E-state index in [1.54, 1.807) is 12.1 Å². The molecule has 0 radical (unpaired) electrons. The number of carbonyl (C=O) groups excluding carboxylic acids is 1. The lowest BCUT2D eigenvalue weighted by atomic mass is 9.94. The van der Waals surface area contributed by atoms with Gasteiger partial charge in [0.1, 0.15) is 5.75 Å². The molecule has 2 rings (SSSR count). The maximum atomic E-state index is 11.9. The number of hydrogen-bond acceptors (Lipinski definition) is 3. The van der Waals surface area contributed by atoms with Crippen LogP contribution in [-0.4, -0.2) is 18.6 Å². The maximum Gasteiger partial charge on any atom is 0.315 e. The second-order valence-electron chi connectivity index (χ2n) is 4.58. The van der Waals surface area contributed by atoms with E-state index < -0.39 is 0 Å². The van der Waals surface area contributed by atoms with Crippen LogP contribution in [-0.2, 0) is 4.79 Å². The van der Waals surface area contributed by atoms with Gasteiger partial charge in [-0.25, -0.2) is 0 Å². The molecule has 1 N–H and O–H groups in total. The number of para-hydroxylation sites is 1. The number of ether oxygens (including phenoxy) is 1. The molecule has 0 amide bonds. The van der Waals surface area contributed by atoms with Crippen LogP contribution in [0.2, 0.25) is 0 Å². The molecule has 0 aromatic heterocycles. The minimum atomic E-state index is -0.143. The fourth-order valence-electron chi connectivity index (χ4n) is 2.17. The van der Waals surface area contributed by atoms with E-state index in [2.05, 4.69) is 5.32 Å². The first-order chi connectivity index (χ1) is 8.27. The van der Waals surface area contributed by atoms with Crippen LogP contribution in [0.15, 0.2) is 30.3 Å². The van der Waals surface area contributed by atoms with Gasteiger partial charge < -0.3 is 10.1 Å². The lowest BCUT2D eigenvalue weighted by molar-refractivity contribution is -0.139. The Morgan fingerprint density at radius 2 is 2.12 bits per heavy atom. The topological polar surface area (TPSA) is 38.3 Å². The van der Waals surface area contributed by atoms with Crippen LogP contribution in [0.3, 0.4) is 0 Å². The molecule has 0 aliphatic carbocycles. The van der Waals surface area contributed by atoms with Gasteiger partial charge in [-0.1, -0.05) is 31.5 Å². The summed E-state index contributed by atoms with van der Waals surface area (Å²) in [5, 5.41) is 3.38. The van der Waals surface area contributed by atoms with Gasteiger partial charge in [0, 0.05) is 6.04 Å². The SMILES string of the molecule is CC(C(=O)Oc1ccccc1)C1CCCCN1. The number of hydrogen-bond donors (Lipinski definition) is 1. The Kier molecular flexibility index (Phi) is 4.15. The van der Waals surface area contributed by atoms with Crippen LogP contribution in [0.1, 0.15) is 26.2 Å². The zero-order valence-corrected chi connectivity index (χ0v) is 10.2. The normalized spacial score (nSPS) is 21.8. The number of rotatable bonds is 3. The Balaban J connectivity index is 1.90. The third-order valence-electron chi connectivity index (χ3n) is 3.29. The molecule has 1 fully saturated rings. The summed E-state index contributed by atoms with van der Waals surface area (Å²) in [5.41, 5.74) is 0. The van der Waals surface area contributed by atoms with Crippen LogP contribution in [0.25, 0.3) is 0 Å². The highest BCUT2D eigenvalue weighted by Crippen LogP contribution is 2.18. The molecular weight excluding hydrogens is 214 g/mol. The second-order valence-corrected chi connectivity index (χ2v) is 4.58. The van der Waals surface area contributed by atoms with Crippen molar-refractivity contribution in [1.82, 2.24) is 5.32 Å². The molecule has 1 aliphatic rings. The summed E-state index contributed by atoms with van der Waals surface area (Å²) in [7, 11) is 0. The van der Waals surface area contributed by atoms with E-state index in [1.807, 2.05) is 25.1 Å². The van der Waals surface area contributed by atoms with Gasteiger partial charge in [0.05, 0.1) is 5.92 Å². The summed E-state index contributed by atoms with van der Waals surface area (Å²) in [6.45, 7) is 2.95. The van der Waals surface area contributed by atoms with Crippen molar-refractivity contribution >= 4 is 5.97 Å². The lowest BCUT2D eigenvalue weighted by Crippen LogP contribution is -2.43. The van der Waals surface area contributed by atoms with Crippen molar-refractivity contribution in [3.63, 3.8) is 0 Å². The standard InChI is InChI=1S/C14H19NO2/c1-11(13-9-5-6-10-15-13)14(16)17-12-7-3-2-4-8-12/h2-4,7-8,11,13,15H,5-6,9-10H2,1H3. The third kappa shape index (κ3) is 3.30. The molecule has 3 nitrogen and oxygen atoms in total. The van der Waals surface area contributed by atoms with E-state index in [9.17, 15) is 4.79 Å². The average Bonchev–Trinajstić information content (AvgIpc) is 2.40. The first-order valence-corrected chi connectivity index (χ1v) is 6.27. The predicted octanol–water partition coefficient (Wildman–Crippen LogP) is 2.37. The van der Waals surface area contributed by atoms with E-state index in [0.29, 0.717) is 5.75 Å². The summed E-state index contributed by atoms with van der Waals surface area (Å²) >= 11 is 0. The molecule has 2 atom stereocenters. The number of carbonyl (C=O) groups is 1. The van der Waals surface area contributed by atoms with Crippen molar-refractivity contribution in [2.45, 2.75) is 32.2 Å². The number of piperidine rings is 1. The van der Waals surface area contributed by atoms with Crippen LogP contribution in [0.5, 0.6) is 5.75 Å². The van der Waals surface area contributed by atoms with Gasteiger partial charge in [-0.2, -0.15) is 0 Å². The number of nitrogens with one attached hydrogen (secondary N) is 1. The van der Waals surface area contributed by atoms with E-state index >= 15 is 0 Å². The van der Waals surface area contributed by atoms with Gasteiger partial charge in [-0.15, -0.1) is 0 Å². The molecule has 1 aromatic carbocycles. The van der Waals surface area contributed by atoms with Crippen LogP contribution in [0, 0.1) is 5.92 Å². The Labute approximate surface area is 102 Å². The van der Waals surface area contributed by atoms with Crippen molar-refractivity contribution in [1.29, 1.82) is 0 Å². The highest BCUT2D eigenvalue weighted by Gasteiger charge is 2.26. The summed E-state index contributed by atoms with van der Waals surface area (Å²) < 4.78 is 5.35. The Hall–Kier alpha value is -1.35. The minimum absolute atomic E-state index is 0.0875. The molecule has 3 heteroatoms. The zero-order chi connectivity index (χ0) is 12.1. The van der Waals surface area contributed by atoms with Gasteiger partial charge in [-0.3, -0.25) is 4.79 Å². The maximum absolute atomic E-state index is 11.9. The van der Waals surface area contributed by atoms with Gasteiger partial charge in [0.15, 0.2) is 0 Å². The number of benzene rings is 1. The van der Waals surface area contributed by atoms with Crippen molar-refractivity contribution < 1.29 is 9.53 Å². The molecule has 92 valence electrons. The summed E-state index contributed by atoms with van der Waals surface area (Å²) in [6, 6.07) is 9.51. The smallest absolute Gasteiger partial charge is 0.315 e. The first kappa shape index (κ1) is 12.1. The summed E-state index contributed by atoms with van der Waals surface area (Å²) in [6.07, 6.45) is 3.46. The molecule has 1 heterocycles. The minimum Gasteiger partial charge on any atom is -0.426 e. The monoisotopic (exact) mass is 233 g/mol. The Morgan fingerprint density at radius 1 is 1.35 bits per heavy atom. The molecule has 17 heavy (non-hydrogen) atoms. The van der Waals surface area contributed by atoms with Gasteiger partial charge in [0.25, 0.3) is 0 Å². The van der Waals surface area contributed by atoms with Crippen LogP contribution in [0.4, 0.5) is 0 Å². The molecule has 0 spiro atoms. The van der Waals surface area contributed by atoms with Gasteiger partial charge in [-0.05, 0) is 31.5 Å². The molecule has 0 bridgehead atoms. The molecule has 0 saturated carbocycles. The highest BCUT2D eigenvalue weighted by atomic mass is 16.5. The average molecular weight is 233 g/mol. The van der Waals surface area contributed by atoms with E-state index in [0.717, 1.165) is 13.0 Å². The van der Waals surface area contributed by atoms with Crippen molar-refractivity contribution in [2.75, 3.05) is 6.54 Å². The highest BCUT2D eigenvalue weighted by molar-refractivity contribution is 5.75. The van der Waals surface area contributed by atoms with E-state index in [1.165, 1.54) is 12.8 Å². The summed E-state index contributed by atoms with van der Waals surface area (Å²) in [4.78, 5) is 11.9. The van der Waals surface area contributed by atoms with Gasteiger partial charge in [0.2, 0.25) is 0 Å². The molecular formula is C14H19NO2. The van der Waals surface area contributed by atoms with Crippen LogP contribution >= 0.6 is 0 Å². The van der Waals surface area contributed by atoms with E-state index in [-0.39, 0.29) is 17.9 Å². The van der Waals surface area contributed by atoms with E-state index in [4.69, 9.17) is 4.74 Å². The largest absolute Gasteiger partial charge is 0.426 e. The van der Waals surface area contributed by atoms with Crippen LogP contribution < -0.4 is 10.1 Å². The Morgan fingerprint density at radius 3 is 2.76 bits per heavy atom. The van der Waals surface area contributed by atoms with Crippen molar-refractivity contribution in [3.05, 3.63) is 30.3 Å². The fraction of sp³-hybridized carbons (Fsp3) is 0.500. The number of esters is 1. The lowest BCUT2D eigenvalue weighted by Gasteiger charge is -2.27. The third-order valence-corrected chi connectivity index (χ3v) is 3.29. The molecule has 1 aromatic rings. The predicted molar refractivity (Wildman–Crippen MR) is 66.9 cm³/mol. The Bertz CT molecular complexity index is 358. The quantitative estimate of drug-likeness (QED) is 0.643. The molecule has 1 aliphatic heterocycles. The second kappa shape index (κ2) is 5.82. The first-order valence-electron chi connectivity index (χ1n) is 6.27. The van der Waals surface area contributed by atoms with Gasteiger partial charge >= 0.3 is 5.97 Å². The van der Waals surface area contributed by atoms with Crippen molar-refractivity contribution in [2.24, 2.45) is 5.92 Å². The fourth-order valence-corrected chi connectivity index (χ4v) is 2.17. The zero-order valence-electron chi connectivity index (χ0n) is 10.2. The summed E-state index contributed by atoms with van der Waals surface area (Å²) in [5.74, 6) is 0.395.